The van der Waals surface area contributed by atoms with E-state index >= 15 is 0 Å². The van der Waals surface area contributed by atoms with Crippen LogP contribution in [0.25, 0.3) is 111 Å². The van der Waals surface area contributed by atoms with Gasteiger partial charge in [0.15, 0.2) is 17.5 Å². The van der Waals surface area contributed by atoms with Crippen molar-refractivity contribution < 1.29 is 0 Å². The van der Waals surface area contributed by atoms with E-state index in [1.54, 1.807) is 0 Å². The van der Waals surface area contributed by atoms with Gasteiger partial charge in [0.2, 0.25) is 0 Å². The summed E-state index contributed by atoms with van der Waals surface area (Å²) in [6.45, 7) is 0. The molecular weight excluding hydrogens is 755 g/mol. The second kappa shape index (κ2) is 14.7. The summed E-state index contributed by atoms with van der Waals surface area (Å²) in [6.07, 6.45) is 0. The fourth-order valence-electron chi connectivity index (χ4n) is 9.01. The zero-order chi connectivity index (χ0) is 41.0. The molecule has 9 aromatic carbocycles. The molecule has 12 rings (SSSR count). The molecule has 12 aromatic rings. The molecule has 0 atom stereocenters. The lowest BCUT2D eigenvalue weighted by Gasteiger charge is -2.12. The molecule has 0 saturated carbocycles. The summed E-state index contributed by atoms with van der Waals surface area (Å²) in [4.78, 5) is 15.2. The molecule has 0 radical (unpaired) electrons. The van der Waals surface area contributed by atoms with E-state index in [0.29, 0.717) is 17.5 Å². The summed E-state index contributed by atoms with van der Waals surface area (Å²) in [6, 6.07) is 79.3. The van der Waals surface area contributed by atoms with Gasteiger partial charge in [0, 0.05) is 49.6 Å². The topological polar surface area (TPSA) is 48.5 Å². The van der Waals surface area contributed by atoms with Gasteiger partial charge in [-0.25, -0.2) is 15.0 Å². The highest BCUT2D eigenvalue weighted by Gasteiger charge is 2.18. The van der Waals surface area contributed by atoms with Crippen LogP contribution in [-0.4, -0.2) is 24.1 Å². The van der Waals surface area contributed by atoms with Crippen LogP contribution in [0.15, 0.2) is 224 Å². The highest BCUT2D eigenvalue weighted by Crippen LogP contribution is 2.39. The van der Waals surface area contributed by atoms with Crippen LogP contribution in [0.1, 0.15) is 0 Å². The van der Waals surface area contributed by atoms with Gasteiger partial charge >= 0.3 is 0 Å². The average Bonchev–Trinajstić information content (AvgIpc) is 3.87. The van der Waals surface area contributed by atoms with Crippen molar-refractivity contribution in [3.05, 3.63) is 224 Å². The third-order valence-corrected chi connectivity index (χ3v) is 12.0. The number of benzene rings is 9. The molecule has 0 N–H and O–H groups in total. The van der Waals surface area contributed by atoms with Gasteiger partial charge in [-0.15, -0.1) is 0 Å². The molecule has 0 aliphatic heterocycles. The molecule has 0 unspecified atom stereocenters. The minimum atomic E-state index is 0.624. The number of aromatic nitrogens is 5. The highest BCUT2D eigenvalue weighted by molar-refractivity contribution is 6.12. The molecule has 0 bridgehead atoms. The number of hydrogen-bond donors (Lipinski definition) is 0. The van der Waals surface area contributed by atoms with Crippen molar-refractivity contribution in [3.8, 4) is 67.8 Å². The predicted molar refractivity (Wildman–Crippen MR) is 256 cm³/mol. The first-order valence-corrected chi connectivity index (χ1v) is 20.9. The number of rotatable bonds is 7. The summed E-state index contributed by atoms with van der Waals surface area (Å²) in [7, 11) is 0. The molecule has 0 fully saturated rings. The van der Waals surface area contributed by atoms with Crippen molar-refractivity contribution in [3.63, 3.8) is 0 Å². The summed E-state index contributed by atoms with van der Waals surface area (Å²) < 4.78 is 4.74. The first-order valence-electron chi connectivity index (χ1n) is 20.9. The molecule has 5 nitrogen and oxygen atoms in total. The highest BCUT2D eigenvalue weighted by atomic mass is 15.0. The fourth-order valence-corrected chi connectivity index (χ4v) is 9.01. The molecule has 3 heterocycles. The van der Waals surface area contributed by atoms with Gasteiger partial charge in [-0.05, 0) is 95.1 Å². The van der Waals surface area contributed by atoms with Crippen LogP contribution in [0.3, 0.4) is 0 Å². The molecule has 3 aromatic heterocycles. The Hall–Kier alpha value is -8.41. The van der Waals surface area contributed by atoms with E-state index in [0.717, 1.165) is 50.2 Å². The molecular formula is C57H37N5. The van der Waals surface area contributed by atoms with Gasteiger partial charge in [-0.2, -0.15) is 0 Å². The van der Waals surface area contributed by atoms with Crippen molar-refractivity contribution in [2.24, 2.45) is 0 Å². The zero-order valence-electron chi connectivity index (χ0n) is 33.6. The summed E-state index contributed by atoms with van der Waals surface area (Å²) in [5.41, 5.74) is 14.3. The average molecular weight is 792 g/mol. The molecule has 0 amide bonds. The van der Waals surface area contributed by atoms with Crippen LogP contribution in [0, 0.1) is 0 Å². The van der Waals surface area contributed by atoms with Crippen molar-refractivity contribution in [2.45, 2.75) is 0 Å². The van der Waals surface area contributed by atoms with Gasteiger partial charge in [0.05, 0.1) is 22.1 Å². The normalized spacial score (nSPS) is 11.5. The number of para-hydroxylation sites is 3. The second-order valence-electron chi connectivity index (χ2n) is 15.7. The van der Waals surface area contributed by atoms with Gasteiger partial charge in [0.1, 0.15) is 0 Å². The van der Waals surface area contributed by atoms with Gasteiger partial charge < -0.3 is 9.13 Å². The van der Waals surface area contributed by atoms with E-state index in [4.69, 9.17) is 15.0 Å². The fraction of sp³-hybridized carbons (Fsp3) is 0. The Morgan fingerprint density at radius 1 is 0.226 bits per heavy atom. The van der Waals surface area contributed by atoms with Crippen molar-refractivity contribution >= 4 is 43.6 Å². The SMILES string of the molecule is c1ccc(-c2cccc(-c3nc(-c4ccccc4)nc(-c4ccc(-n5c6ccccc6c6ccc(-c7ccc8c(c7)c7ccccc7n8-c7ccccc7)cc65)cc4)n3)c2)cc1. The van der Waals surface area contributed by atoms with Crippen LogP contribution < -0.4 is 0 Å². The maximum atomic E-state index is 5.10. The van der Waals surface area contributed by atoms with E-state index in [-0.39, 0.29) is 0 Å². The molecule has 0 aliphatic carbocycles. The maximum absolute atomic E-state index is 5.10. The molecule has 0 saturated heterocycles. The standard InChI is InChI=1S/C57H37N5/c1-4-15-38(16-5-1)41-19-14-20-44(35-41)57-59-55(39-17-6-2-7-18-39)58-56(60-57)40-27-31-46(32-28-40)62-51-25-12-10-23-47(51)49-33-29-43(37-54(49)62)42-30-34-53-50(36-42)48-24-11-13-26-52(48)61(53)45-21-8-3-9-22-45/h1-37H. The molecule has 0 aliphatic rings. The lowest BCUT2D eigenvalue weighted by atomic mass is 10.0. The summed E-state index contributed by atoms with van der Waals surface area (Å²) >= 11 is 0. The van der Waals surface area contributed by atoms with Crippen LogP contribution >= 0.6 is 0 Å². The number of hydrogen-bond acceptors (Lipinski definition) is 3. The minimum absolute atomic E-state index is 0.624. The van der Waals surface area contributed by atoms with E-state index < -0.39 is 0 Å². The predicted octanol–water partition coefficient (Wildman–Crippen LogP) is 14.4. The van der Waals surface area contributed by atoms with E-state index in [1.807, 2.05) is 36.4 Å². The van der Waals surface area contributed by atoms with Gasteiger partial charge in [-0.1, -0.05) is 152 Å². The minimum Gasteiger partial charge on any atom is -0.309 e. The Morgan fingerprint density at radius 3 is 1.34 bits per heavy atom. The van der Waals surface area contributed by atoms with E-state index in [2.05, 4.69) is 197 Å². The first-order chi connectivity index (χ1) is 30.7. The summed E-state index contributed by atoms with van der Waals surface area (Å²) in [5.74, 6) is 1.89. The van der Waals surface area contributed by atoms with Crippen LogP contribution in [0.2, 0.25) is 0 Å². The van der Waals surface area contributed by atoms with E-state index in [9.17, 15) is 0 Å². The van der Waals surface area contributed by atoms with Gasteiger partial charge in [0.25, 0.3) is 0 Å². The van der Waals surface area contributed by atoms with Crippen molar-refractivity contribution in [1.82, 2.24) is 24.1 Å². The van der Waals surface area contributed by atoms with Crippen molar-refractivity contribution in [2.75, 3.05) is 0 Å². The van der Waals surface area contributed by atoms with E-state index in [1.165, 1.54) is 43.7 Å². The quantitative estimate of drug-likeness (QED) is 0.162. The van der Waals surface area contributed by atoms with Crippen LogP contribution in [0.5, 0.6) is 0 Å². The van der Waals surface area contributed by atoms with Crippen molar-refractivity contribution in [1.29, 1.82) is 0 Å². The number of nitrogens with zero attached hydrogens (tertiary/aromatic N) is 5. The Kier molecular flexibility index (Phi) is 8.42. The molecule has 290 valence electrons. The summed E-state index contributed by atoms with van der Waals surface area (Å²) in [5, 5.41) is 4.90. The monoisotopic (exact) mass is 791 g/mol. The Morgan fingerprint density at radius 2 is 0.645 bits per heavy atom. The largest absolute Gasteiger partial charge is 0.309 e. The van der Waals surface area contributed by atoms with Crippen LogP contribution in [-0.2, 0) is 0 Å². The third-order valence-electron chi connectivity index (χ3n) is 12.0. The van der Waals surface area contributed by atoms with Gasteiger partial charge in [-0.3, -0.25) is 0 Å². The Labute approximate surface area is 358 Å². The maximum Gasteiger partial charge on any atom is 0.164 e. The van der Waals surface area contributed by atoms with Crippen LogP contribution in [0.4, 0.5) is 0 Å². The first kappa shape index (κ1) is 35.5. The smallest absolute Gasteiger partial charge is 0.164 e. The molecule has 5 heteroatoms. The Bertz CT molecular complexity index is 3610. The lowest BCUT2D eigenvalue weighted by molar-refractivity contribution is 1.07. The number of fused-ring (bicyclic) bond motifs is 6. The molecule has 62 heavy (non-hydrogen) atoms. The Balaban J connectivity index is 0.965. The lowest BCUT2D eigenvalue weighted by Crippen LogP contribution is -2.00. The third kappa shape index (κ3) is 6.06. The zero-order valence-corrected chi connectivity index (χ0v) is 33.6. The molecule has 0 spiro atoms. The second-order valence-corrected chi connectivity index (χ2v) is 15.7.